The lowest BCUT2D eigenvalue weighted by Crippen LogP contribution is -2.49. The van der Waals surface area contributed by atoms with Crippen LogP contribution in [0.3, 0.4) is 0 Å². The van der Waals surface area contributed by atoms with Crippen LogP contribution in [0, 0.1) is 5.41 Å². The Bertz CT molecular complexity index is 1120. The largest absolute Gasteiger partial charge is 0.469 e. The van der Waals surface area contributed by atoms with Crippen LogP contribution in [0.25, 0.3) is 0 Å². The number of piperazine rings is 1. The van der Waals surface area contributed by atoms with Gasteiger partial charge >= 0.3 is 18.2 Å². The van der Waals surface area contributed by atoms with Crippen LogP contribution >= 0.6 is 0 Å². The fourth-order valence-corrected chi connectivity index (χ4v) is 4.40. The highest BCUT2D eigenvalue weighted by atomic mass is 16.6. The average molecular weight is 524 g/mol. The summed E-state index contributed by atoms with van der Waals surface area (Å²) in [5.41, 5.74) is 2.00. The number of hydrogen-bond acceptors (Lipinski definition) is 9. The van der Waals surface area contributed by atoms with Gasteiger partial charge in [-0.2, -0.15) is 0 Å². The molecule has 0 radical (unpaired) electrons. The van der Waals surface area contributed by atoms with Crippen molar-refractivity contribution in [2.24, 2.45) is 0 Å². The molecule has 38 heavy (non-hydrogen) atoms. The van der Waals surface area contributed by atoms with E-state index in [1.807, 2.05) is 30.3 Å². The molecular weight excluding hydrogens is 490 g/mol. The molecule has 2 N–H and O–H groups in total. The Morgan fingerprint density at radius 3 is 2.39 bits per heavy atom. The number of rotatable bonds is 9. The van der Waals surface area contributed by atoms with Crippen LogP contribution < -0.4 is 10.2 Å². The van der Waals surface area contributed by atoms with E-state index in [9.17, 15) is 14.4 Å². The lowest BCUT2D eigenvalue weighted by molar-refractivity contribution is -0.141. The molecule has 2 heterocycles. The van der Waals surface area contributed by atoms with Crippen LogP contribution in [0.1, 0.15) is 17.5 Å². The molecule has 0 aliphatic carbocycles. The smallest absolute Gasteiger partial charge is 0.414 e. The number of alkyl carbamates (subject to hydrolysis) is 1. The van der Waals surface area contributed by atoms with Gasteiger partial charge in [-0.15, -0.1) is 0 Å². The summed E-state index contributed by atoms with van der Waals surface area (Å²) in [6, 6.07) is 16.1. The molecule has 2 aliphatic heterocycles. The predicted octanol–water partition coefficient (Wildman–Crippen LogP) is 2.44. The van der Waals surface area contributed by atoms with Gasteiger partial charge < -0.3 is 19.1 Å². The van der Waals surface area contributed by atoms with E-state index in [-0.39, 0.29) is 24.5 Å². The number of cyclic esters (lactones) is 1. The number of carbonyl (C=O) groups excluding carboxylic acids is 3. The zero-order valence-corrected chi connectivity index (χ0v) is 21.4. The zero-order chi connectivity index (χ0) is 26.9. The number of amides is 2. The van der Waals surface area contributed by atoms with Crippen LogP contribution in [0.15, 0.2) is 54.6 Å². The molecule has 202 valence electrons. The van der Waals surface area contributed by atoms with Gasteiger partial charge in [-0.05, 0) is 29.8 Å². The molecule has 11 nitrogen and oxygen atoms in total. The molecule has 0 bridgehead atoms. The Balaban J connectivity index is 1.21. The number of anilines is 1. The topological polar surface area (TPSA) is 125 Å². The molecule has 2 aromatic carbocycles. The fourth-order valence-electron chi connectivity index (χ4n) is 4.40. The molecule has 2 amide bonds. The lowest BCUT2D eigenvalue weighted by atomic mass is 10.1. The SMILES string of the molecule is COC(=O)CCN1CCN(CC2CN(c3ccc(C(=N)NC(=O)OCc4ccccc4)cc3)C(=O)O2)CC1. The maximum Gasteiger partial charge on any atom is 0.414 e. The van der Waals surface area contributed by atoms with Gasteiger partial charge in [0, 0.05) is 50.5 Å². The third-order valence-electron chi connectivity index (χ3n) is 6.57. The fraction of sp³-hybridized carbons (Fsp3) is 0.407. The first-order valence-corrected chi connectivity index (χ1v) is 12.6. The van der Waals surface area contributed by atoms with Crippen LogP contribution in [-0.4, -0.2) is 92.8 Å². The highest BCUT2D eigenvalue weighted by molar-refractivity contribution is 6.04. The highest BCUT2D eigenvalue weighted by Crippen LogP contribution is 2.23. The van der Waals surface area contributed by atoms with E-state index in [4.69, 9.17) is 19.6 Å². The number of ether oxygens (including phenoxy) is 3. The van der Waals surface area contributed by atoms with Crippen molar-refractivity contribution in [2.45, 2.75) is 19.1 Å². The second-order valence-electron chi connectivity index (χ2n) is 9.19. The quantitative estimate of drug-likeness (QED) is 0.222. The molecule has 2 aromatic rings. The molecule has 2 fully saturated rings. The molecular formula is C27H33N5O6. The summed E-state index contributed by atoms with van der Waals surface area (Å²) in [4.78, 5) is 42.0. The zero-order valence-electron chi connectivity index (χ0n) is 21.4. The monoisotopic (exact) mass is 523 g/mol. The molecule has 1 unspecified atom stereocenters. The maximum absolute atomic E-state index is 12.5. The third-order valence-corrected chi connectivity index (χ3v) is 6.57. The number of nitrogens with one attached hydrogen (secondary N) is 2. The summed E-state index contributed by atoms with van der Waals surface area (Å²) >= 11 is 0. The Morgan fingerprint density at radius 2 is 1.71 bits per heavy atom. The Labute approximate surface area is 221 Å². The van der Waals surface area contributed by atoms with Crippen molar-refractivity contribution in [3.8, 4) is 0 Å². The molecule has 4 rings (SSSR count). The molecule has 1 atom stereocenters. The van der Waals surface area contributed by atoms with Gasteiger partial charge in [0.15, 0.2) is 0 Å². The third kappa shape index (κ3) is 7.53. The second kappa shape index (κ2) is 13.0. The van der Waals surface area contributed by atoms with Crippen molar-refractivity contribution < 1.29 is 28.6 Å². The Kier molecular flexibility index (Phi) is 9.28. The van der Waals surface area contributed by atoms with E-state index < -0.39 is 12.2 Å². The van der Waals surface area contributed by atoms with E-state index in [2.05, 4.69) is 15.1 Å². The minimum Gasteiger partial charge on any atom is -0.469 e. The predicted molar refractivity (Wildman–Crippen MR) is 140 cm³/mol. The Hall–Kier alpha value is -3.96. The molecule has 0 saturated carbocycles. The number of nitrogens with zero attached hydrogens (tertiary/aromatic N) is 3. The summed E-state index contributed by atoms with van der Waals surface area (Å²) in [5.74, 6) is -0.296. The summed E-state index contributed by atoms with van der Waals surface area (Å²) in [6.07, 6.45) is -0.975. The van der Waals surface area contributed by atoms with Gasteiger partial charge in [0.25, 0.3) is 0 Å². The molecule has 2 saturated heterocycles. The first-order valence-electron chi connectivity index (χ1n) is 12.6. The standard InChI is InChI=1S/C27H33N5O6/c1-36-24(33)11-12-30-13-15-31(16-14-30)17-23-18-32(27(35)38-23)22-9-7-21(8-10-22)25(28)29-26(34)37-19-20-5-3-2-4-6-20/h2-10,23H,11-19H2,1H3,(H2,28,29,34). The minimum atomic E-state index is -0.710. The van der Waals surface area contributed by atoms with Crippen molar-refractivity contribution in [1.82, 2.24) is 15.1 Å². The molecule has 0 aromatic heterocycles. The average Bonchev–Trinajstić information content (AvgIpc) is 3.31. The van der Waals surface area contributed by atoms with Crippen molar-refractivity contribution in [2.75, 3.05) is 57.8 Å². The van der Waals surface area contributed by atoms with Gasteiger partial charge in [-0.25, -0.2) is 9.59 Å². The van der Waals surface area contributed by atoms with E-state index in [1.165, 1.54) is 7.11 Å². The van der Waals surface area contributed by atoms with E-state index in [0.29, 0.717) is 37.3 Å². The maximum atomic E-state index is 12.5. The van der Waals surface area contributed by atoms with Crippen LogP contribution in [0.4, 0.5) is 15.3 Å². The number of benzene rings is 2. The number of methoxy groups -OCH3 is 1. The van der Waals surface area contributed by atoms with Gasteiger partial charge in [0.05, 0.1) is 20.1 Å². The van der Waals surface area contributed by atoms with E-state index in [1.54, 1.807) is 29.2 Å². The normalized spacial score (nSPS) is 18.1. The Morgan fingerprint density at radius 1 is 1.03 bits per heavy atom. The summed E-state index contributed by atoms with van der Waals surface area (Å²) in [5, 5.41) is 10.6. The van der Waals surface area contributed by atoms with Crippen molar-refractivity contribution in [3.05, 3.63) is 65.7 Å². The minimum absolute atomic E-state index is 0.0952. The van der Waals surface area contributed by atoms with Gasteiger partial charge in [-0.1, -0.05) is 30.3 Å². The summed E-state index contributed by atoms with van der Waals surface area (Å²) < 4.78 is 15.5. The number of amidine groups is 1. The number of esters is 1. The van der Waals surface area contributed by atoms with Crippen LogP contribution in [0.5, 0.6) is 0 Å². The molecule has 11 heteroatoms. The van der Waals surface area contributed by atoms with Gasteiger partial charge in [0.2, 0.25) is 0 Å². The molecule has 0 spiro atoms. The van der Waals surface area contributed by atoms with Crippen LogP contribution in [-0.2, 0) is 25.6 Å². The van der Waals surface area contributed by atoms with Gasteiger partial charge in [0.1, 0.15) is 18.5 Å². The first-order chi connectivity index (χ1) is 18.4. The highest BCUT2D eigenvalue weighted by Gasteiger charge is 2.34. The van der Waals surface area contributed by atoms with E-state index in [0.717, 1.165) is 31.7 Å². The second-order valence-corrected chi connectivity index (χ2v) is 9.19. The summed E-state index contributed by atoms with van der Waals surface area (Å²) in [7, 11) is 1.40. The van der Waals surface area contributed by atoms with Crippen LogP contribution in [0.2, 0.25) is 0 Å². The van der Waals surface area contributed by atoms with Crippen molar-refractivity contribution in [1.29, 1.82) is 5.41 Å². The number of hydrogen-bond donors (Lipinski definition) is 2. The van der Waals surface area contributed by atoms with Gasteiger partial charge in [-0.3, -0.25) is 25.3 Å². The molecule has 2 aliphatic rings. The van der Waals surface area contributed by atoms with Crippen molar-refractivity contribution in [3.63, 3.8) is 0 Å². The van der Waals surface area contributed by atoms with E-state index >= 15 is 0 Å². The number of carbonyl (C=O) groups is 3. The summed E-state index contributed by atoms with van der Waals surface area (Å²) in [6.45, 7) is 5.25. The first kappa shape index (κ1) is 27.1. The van der Waals surface area contributed by atoms with Crippen molar-refractivity contribution >= 4 is 29.7 Å². The lowest BCUT2D eigenvalue weighted by Gasteiger charge is -2.35.